The molecule has 130 valence electrons. The molecule has 1 amide bonds. The van der Waals surface area contributed by atoms with E-state index >= 15 is 0 Å². The van der Waals surface area contributed by atoms with Gasteiger partial charge in [-0.2, -0.15) is 0 Å². The summed E-state index contributed by atoms with van der Waals surface area (Å²) >= 11 is 0. The first-order chi connectivity index (χ1) is 13.3. The van der Waals surface area contributed by atoms with Crippen molar-refractivity contribution in [2.75, 3.05) is 5.32 Å². The Morgan fingerprint density at radius 2 is 1.41 bits per heavy atom. The third-order valence-electron chi connectivity index (χ3n) is 5.57. The highest BCUT2D eigenvalue weighted by atomic mass is 16.2. The number of nitrogens with one attached hydrogen (secondary N) is 1. The van der Waals surface area contributed by atoms with Crippen LogP contribution < -0.4 is 5.32 Å². The van der Waals surface area contributed by atoms with E-state index in [1.165, 1.54) is 10.8 Å². The molecular formula is C25H19NO. The predicted molar refractivity (Wildman–Crippen MR) is 110 cm³/mol. The van der Waals surface area contributed by atoms with Crippen molar-refractivity contribution < 1.29 is 4.79 Å². The number of anilines is 1. The van der Waals surface area contributed by atoms with Gasteiger partial charge in [-0.25, -0.2) is 0 Å². The van der Waals surface area contributed by atoms with Gasteiger partial charge in [0.25, 0.3) is 0 Å². The minimum atomic E-state index is -0.708. The number of carbonyl (C=O) groups is 1. The van der Waals surface area contributed by atoms with Crippen LogP contribution >= 0.6 is 0 Å². The molecule has 0 saturated heterocycles. The summed E-state index contributed by atoms with van der Waals surface area (Å²) in [5, 5.41) is 5.52. The maximum absolute atomic E-state index is 13.3. The molecule has 1 heterocycles. The number of para-hydroxylation sites is 1. The molecule has 0 bridgehead atoms. The first kappa shape index (κ1) is 15.8. The molecule has 0 aromatic heterocycles. The second-order valence-corrected chi connectivity index (χ2v) is 7.13. The number of hydrogen-bond acceptors (Lipinski definition) is 1. The van der Waals surface area contributed by atoms with Crippen LogP contribution in [0.15, 0.2) is 97.1 Å². The van der Waals surface area contributed by atoms with Crippen molar-refractivity contribution >= 4 is 22.4 Å². The topological polar surface area (TPSA) is 29.1 Å². The summed E-state index contributed by atoms with van der Waals surface area (Å²) in [6.07, 6.45) is 0.630. The van der Waals surface area contributed by atoms with E-state index in [1.807, 2.05) is 42.5 Å². The van der Waals surface area contributed by atoms with Gasteiger partial charge in [-0.05, 0) is 39.9 Å². The third kappa shape index (κ3) is 2.45. The quantitative estimate of drug-likeness (QED) is 0.533. The maximum atomic E-state index is 13.3. The third-order valence-corrected chi connectivity index (χ3v) is 5.57. The van der Waals surface area contributed by atoms with Gasteiger partial charge in [-0.3, -0.25) is 4.79 Å². The van der Waals surface area contributed by atoms with Gasteiger partial charge in [0.15, 0.2) is 0 Å². The summed E-state index contributed by atoms with van der Waals surface area (Å²) < 4.78 is 0. The smallest absolute Gasteiger partial charge is 0.239 e. The van der Waals surface area contributed by atoms with Crippen LogP contribution in [0, 0.1) is 0 Å². The fraction of sp³-hybridized carbons (Fsp3) is 0.0800. The highest BCUT2D eigenvalue weighted by Crippen LogP contribution is 2.45. The SMILES string of the molecule is O=C1Nc2ccccc2[C@@]1(Cc1ccc2ccccc2c1)c1ccccc1. The zero-order valence-electron chi connectivity index (χ0n) is 14.9. The average Bonchev–Trinajstić information content (AvgIpc) is 3.01. The number of rotatable bonds is 3. The Bertz CT molecular complexity index is 1150. The molecule has 0 radical (unpaired) electrons. The van der Waals surface area contributed by atoms with Crippen molar-refractivity contribution in [2.24, 2.45) is 0 Å². The van der Waals surface area contributed by atoms with Gasteiger partial charge in [-0.1, -0.05) is 91.0 Å². The van der Waals surface area contributed by atoms with E-state index in [4.69, 9.17) is 0 Å². The summed E-state index contributed by atoms with van der Waals surface area (Å²) in [6.45, 7) is 0. The predicted octanol–water partition coefficient (Wildman–Crippen LogP) is 5.32. The van der Waals surface area contributed by atoms with E-state index in [9.17, 15) is 4.79 Å². The van der Waals surface area contributed by atoms with Gasteiger partial charge < -0.3 is 5.32 Å². The first-order valence-corrected chi connectivity index (χ1v) is 9.21. The monoisotopic (exact) mass is 349 g/mol. The van der Waals surface area contributed by atoms with E-state index in [1.54, 1.807) is 0 Å². The summed E-state index contributed by atoms with van der Waals surface area (Å²) in [5.41, 5.74) is 3.44. The van der Waals surface area contributed by atoms with Crippen molar-refractivity contribution in [1.82, 2.24) is 0 Å². The summed E-state index contributed by atoms with van der Waals surface area (Å²) in [5.74, 6) is 0.0445. The van der Waals surface area contributed by atoms with Crippen molar-refractivity contribution in [3.63, 3.8) is 0 Å². The van der Waals surface area contributed by atoms with Crippen molar-refractivity contribution in [1.29, 1.82) is 0 Å². The normalized spacial score (nSPS) is 18.3. The fourth-order valence-electron chi connectivity index (χ4n) is 4.26. The van der Waals surface area contributed by atoms with Crippen molar-refractivity contribution in [2.45, 2.75) is 11.8 Å². The minimum absolute atomic E-state index is 0.0445. The van der Waals surface area contributed by atoms with Gasteiger partial charge in [-0.15, -0.1) is 0 Å². The zero-order chi connectivity index (χ0) is 18.3. The summed E-state index contributed by atoms with van der Waals surface area (Å²) in [4.78, 5) is 13.3. The second-order valence-electron chi connectivity index (χ2n) is 7.13. The number of amides is 1. The molecule has 4 aromatic carbocycles. The Morgan fingerprint density at radius 1 is 0.704 bits per heavy atom. The van der Waals surface area contributed by atoms with E-state index in [2.05, 4.69) is 59.9 Å². The molecule has 0 saturated carbocycles. The van der Waals surface area contributed by atoms with Crippen molar-refractivity contribution in [3.8, 4) is 0 Å². The Balaban J connectivity index is 1.70. The van der Waals surface area contributed by atoms with Crippen LogP contribution in [0.5, 0.6) is 0 Å². The van der Waals surface area contributed by atoms with Gasteiger partial charge in [0, 0.05) is 5.69 Å². The molecule has 1 atom stereocenters. The highest BCUT2D eigenvalue weighted by Gasteiger charge is 2.47. The molecule has 2 heteroatoms. The van der Waals surface area contributed by atoms with Gasteiger partial charge in [0.05, 0.1) is 0 Å². The lowest BCUT2D eigenvalue weighted by Crippen LogP contribution is -2.38. The maximum Gasteiger partial charge on any atom is 0.239 e. The Morgan fingerprint density at radius 3 is 2.26 bits per heavy atom. The van der Waals surface area contributed by atoms with Crippen LogP contribution in [0.4, 0.5) is 5.69 Å². The highest BCUT2D eigenvalue weighted by molar-refractivity contribution is 6.09. The molecule has 0 spiro atoms. The molecule has 0 unspecified atom stereocenters. The number of carbonyl (C=O) groups excluding carboxylic acids is 1. The van der Waals surface area contributed by atoms with E-state index in [-0.39, 0.29) is 5.91 Å². The van der Waals surface area contributed by atoms with Crippen LogP contribution in [-0.2, 0) is 16.6 Å². The standard InChI is InChI=1S/C25H19NO/c27-24-25(21-10-2-1-3-11-21,22-12-6-7-13-23(22)26-24)17-18-14-15-19-8-4-5-9-20(19)16-18/h1-16H,17H2,(H,26,27)/t25-/m1/s1. The lowest BCUT2D eigenvalue weighted by Gasteiger charge is -2.28. The first-order valence-electron chi connectivity index (χ1n) is 9.21. The van der Waals surface area contributed by atoms with Crippen molar-refractivity contribution in [3.05, 3.63) is 114 Å². The lowest BCUT2D eigenvalue weighted by atomic mass is 9.71. The fourth-order valence-corrected chi connectivity index (χ4v) is 4.26. The zero-order valence-corrected chi connectivity index (χ0v) is 14.9. The molecule has 0 aliphatic carbocycles. The van der Waals surface area contributed by atoms with Crippen LogP contribution in [0.3, 0.4) is 0 Å². The molecule has 27 heavy (non-hydrogen) atoms. The molecule has 1 aliphatic heterocycles. The molecular weight excluding hydrogens is 330 g/mol. The lowest BCUT2D eigenvalue weighted by molar-refractivity contribution is -0.119. The molecule has 4 aromatic rings. The number of benzene rings is 4. The van der Waals surface area contributed by atoms with Crippen LogP contribution in [0.1, 0.15) is 16.7 Å². The van der Waals surface area contributed by atoms with Gasteiger partial charge in [0.1, 0.15) is 5.41 Å². The second kappa shape index (κ2) is 6.10. The molecule has 1 N–H and O–H groups in total. The van der Waals surface area contributed by atoms with Crippen LogP contribution in [-0.4, -0.2) is 5.91 Å². The summed E-state index contributed by atoms with van der Waals surface area (Å²) in [6, 6.07) is 33.0. The largest absolute Gasteiger partial charge is 0.325 e. The Hall–Kier alpha value is -3.39. The van der Waals surface area contributed by atoms with Crippen LogP contribution in [0.25, 0.3) is 10.8 Å². The molecule has 0 fully saturated rings. The van der Waals surface area contributed by atoms with Gasteiger partial charge in [0.2, 0.25) is 5.91 Å². The van der Waals surface area contributed by atoms with E-state index in [0.29, 0.717) is 6.42 Å². The average molecular weight is 349 g/mol. The Kier molecular flexibility index (Phi) is 3.58. The van der Waals surface area contributed by atoms with E-state index < -0.39 is 5.41 Å². The molecule has 1 aliphatic rings. The number of hydrogen-bond donors (Lipinski definition) is 1. The molecule has 5 rings (SSSR count). The van der Waals surface area contributed by atoms with E-state index in [0.717, 1.165) is 22.4 Å². The Labute approximate surface area is 158 Å². The van der Waals surface area contributed by atoms with Crippen LogP contribution in [0.2, 0.25) is 0 Å². The minimum Gasteiger partial charge on any atom is -0.325 e. The summed E-state index contributed by atoms with van der Waals surface area (Å²) in [7, 11) is 0. The molecule has 2 nitrogen and oxygen atoms in total. The van der Waals surface area contributed by atoms with Gasteiger partial charge >= 0.3 is 0 Å². The number of fused-ring (bicyclic) bond motifs is 2.